The van der Waals surface area contributed by atoms with Crippen molar-refractivity contribution in [1.29, 1.82) is 0 Å². The normalized spacial score (nSPS) is 11.6. The van der Waals surface area contributed by atoms with Gasteiger partial charge in [0.1, 0.15) is 12.6 Å². The molecule has 35 heavy (non-hydrogen) atoms. The van der Waals surface area contributed by atoms with E-state index in [2.05, 4.69) is 10.3 Å². The average Bonchev–Trinajstić information content (AvgIpc) is 3.29. The van der Waals surface area contributed by atoms with Crippen molar-refractivity contribution in [2.24, 2.45) is 0 Å². The number of carbonyl (C=O) groups excluding carboxylic acids is 3. The van der Waals surface area contributed by atoms with Gasteiger partial charge < -0.3 is 19.8 Å². The lowest BCUT2D eigenvalue weighted by molar-refractivity contribution is -0.147. The van der Waals surface area contributed by atoms with Gasteiger partial charge in [0.15, 0.2) is 0 Å². The number of fused-ring (bicyclic) bond motifs is 1. The molecule has 8 heteroatoms. The summed E-state index contributed by atoms with van der Waals surface area (Å²) in [6, 6.07) is 19.8. The van der Waals surface area contributed by atoms with Gasteiger partial charge in [0, 0.05) is 34.1 Å². The van der Waals surface area contributed by atoms with Crippen LogP contribution in [0.5, 0.6) is 0 Å². The number of ether oxygens (including phenoxy) is 2. The summed E-state index contributed by atoms with van der Waals surface area (Å²) < 4.78 is 10.2. The Morgan fingerprint density at radius 3 is 2.34 bits per heavy atom. The highest BCUT2D eigenvalue weighted by molar-refractivity contribution is 6.30. The highest BCUT2D eigenvalue weighted by Crippen LogP contribution is 2.20. The van der Waals surface area contributed by atoms with E-state index in [1.165, 1.54) is 7.11 Å². The monoisotopic (exact) mass is 490 g/mol. The predicted octanol–water partition coefficient (Wildman–Crippen LogP) is 4.69. The fraction of sp³-hybridized carbons (Fsp3) is 0.148. The third kappa shape index (κ3) is 5.88. The van der Waals surface area contributed by atoms with Gasteiger partial charge in [-0.05, 0) is 53.6 Å². The number of rotatable bonds is 8. The SMILES string of the molecule is COC(=O)c1ccc(COC(=O)C(Cc2c[nH]c3ccccc23)NC(=O)c2ccc(Cl)cc2)cc1. The molecule has 0 aliphatic heterocycles. The standard InChI is InChI=1S/C27H23ClN2O5/c1-34-26(32)19-8-6-17(7-9-19)16-35-27(33)24(30-25(31)18-10-12-21(28)13-11-18)14-20-15-29-23-5-3-2-4-22(20)23/h2-13,15,24,29H,14,16H2,1H3,(H,30,31). The lowest BCUT2D eigenvalue weighted by Crippen LogP contribution is -2.43. The van der Waals surface area contributed by atoms with Gasteiger partial charge in [-0.25, -0.2) is 9.59 Å². The van der Waals surface area contributed by atoms with Crippen LogP contribution >= 0.6 is 11.6 Å². The van der Waals surface area contributed by atoms with Gasteiger partial charge in [-0.2, -0.15) is 0 Å². The summed E-state index contributed by atoms with van der Waals surface area (Å²) in [7, 11) is 1.31. The summed E-state index contributed by atoms with van der Waals surface area (Å²) in [5, 5.41) is 4.26. The van der Waals surface area contributed by atoms with Crippen LogP contribution in [-0.2, 0) is 27.3 Å². The minimum atomic E-state index is -0.924. The maximum absolute atomic E-state index is 13.1. The zero-order valence-corrected chi connectivity index (χ0v) is 19.7. The van der Waals surface area contributed by atoms with E-state index in [4.69, 9.17) is 21.1 Å². The Hall–Kier alpha value is -4.10. The fourth-order valence-corrected chi connectivity index (χ4v) is 3.79. The van der Waals surface area contributed by atoms with E-state index in [1.54, 1.807) is 48.5 Å². The Balaban J connectivity index is 1.50. The molecule has 7 nitrogen and oxygen atoms in total. The summed E-state index contributed by atoms with van der Waals surface area (Å²) in [6.45, 7) is -0.0124. The summed E-state index contributed by atoms with van der Waals surface area (Å²) in [5.74, 6) is -1.43. The minimum absolute atomic E-state index is 0.0124. The molecule has 4 aromatic rings. The van der Waals surface area contributed by atoms with Gasteiger partial charge in [-0.1, -0.05) is 41.9 Å². The number of halogens is 1. The lowest BCUT2D eigenvalue weighted by Gasteiger charge is -2.18. The number of aromatic amines is 1. The Labute approximate surface area is 207 Å². The van der Waals surface area contributed by atoms with Crippen LogP contribution in [0.1, 0.15) is 31.8 Å². The molecule has 2 N–H and O–H groups in total. The number of para-hydroxylation sites is 1. The smallest absolute Gasteiger partial charge is 0.337 e. The van der Waals surface area contributed by atoms with E-state index in [0.717, 1.165) is 16.5 Å². The quantitative estimate of drug-likeness (QED) is 0.349. The molecule has 0 saturated heterocycles. The molecule has 0 spiro atoms. The molecule has 0 saturated carbocycles. The zero-order valence-electron chi connectivity index (χ0n) is 18.9. The number of amides is 1. The number of hydrogen-bond donors (Lipinski definition) is 2. The van der Waals surface area contributed by atoms with Crippen molar-refractivity contribution in [3.05, 3.63) is 106 Å². The third-order valence-electron chi connectivity index (χ3n) is 5.55. The molecule has 0 bridgehead atoms. The van der Waals surface area contributed by atoms with Crippen LogP contribution in [0, 0.1) is 0 Å². The second kappa shape index (κ2) is 10.9. The van der Waals surface area contributed by atoms with E-state index >= 15 is 0 Å². The van der Waals surface area contributed by atoms with Crippen molar-refractivity contribution >= 4 is 40.3 Å². The molecule has 0 aliphatic carbocycles. The number of carbonyl (C=O) groups is 3. The minimum Gasteiger partial charge on any atom is -0.465 e. The van der Waals surface area contributed by atoms with Crippen molar-refractivity contribution in [3.63, 3.8) is 0 Å². The molecule has 178 valence electrons. The van der Waals surface area contributed by atoms with Crippen LogP contribution in [0.2, 0.25) is 5.02 Å². The number of esters is 2. The van der Waals surface area contributed by atoms with Crippen molar-refractivity contribution < 1.29 is 23.9 Å². The third-order valence-corrected chi connectivity index (χ3v) is 5.80. The first-order chi connectivity index (χ1) is 16.9. The van der Waals surface area contributed by atoms with Crippen molar-refractivity contribution in [3.8, 4) is 0 Å². The van der Waals surface area contributed by atoms with Crippen LogP contribution in [0.4, 0.5) is 0 Å². The van der Waals surface area contributed by atoms with E-state index < -0.39 is 23.9 Å². The van der Waals surface area contributed by atoms with Crippen LogP contribution in [0.15, 0.2) is 79.0 Å². The number of nitrogens with one attached hydrogen (secondary N) is 2. The zero-order chi connectivity index (χ0) is 24.8. The highest BCUT2D eigenvalue weighted by atomic mass is 35.5. The lowest BCUT2D eigenvalue weighted by atomic mass is 10.0. The van der Waals surface area contributed by atoms with Crippen molar-refractivity contribution in [2.45, 2.75) is 19.1 Å². The molecule has 1 aromatic heterocycles. The van der Waals surface area contributed by atoms with Crippen LogP contribution in [0.25, 0.3) is 10.9 Å². The Morgan fingerprint density at radius 1 is 0.943 bits per heavy atom. The number of hydrogen-bond acceptors (Lipinski definition) is 5. The number of methoxy groups -OCH3 is 1. The maximum Gasteiger partial charge on any atom is 0.337 e. The second-order valence-corrected chi connectivity index (χ2v) is 8.33. The van der Waals surface area contributed by atoms with Gasteiger partial charge in [-0.15, -0.1) is 0 Å². The molecule has 1 atom stereocenters. The van der Waals surface area contributed by atoms with Gasteiger partial charge >= 0.3 is 11.9 Å². The number of H-pyrrole nitrogens is 1. The van der Waals surface area contributed by atoms with Crippen LogP contribution in [0.3, 0.4) is 0 Å². The topological polar surface area (TPSA) is 97.5 Å². The largest absolute Gasteiger partial charge is 0.465 e. The van der Waals surface area contributed by atoms with E-state index in [-0.39, 0.29) is 13.0 Å². The Morgan fingerprint density at radius 2 is 1.63 bits per heavy atom. The summed E-state index contributed by atoms with van der Waals surface area (Å²) in [4.78, 5) is 40.7. The van der Waals surface area contributed by atoms with Crippen LogP contribution < -0.4 is 5.32 Å². The number of benzene rings is 3. The Kier molecular flexibility index (Phi) is 7.48. The van der Waals surface area contributed by atoms with Gasteiger partial charge in [0.25, 0.3) is 5.91 Å². The van der Waals surface area contributed by atoms with Crippen molar-refractivity contribution in [1.82, 2.24) is 10.3 Å². The van der Waals surface area contributed by atoms with Crippen LogP contribution in [-0.4, -0.2) is 36.0 Å². The van der Waals surface area contributed by atoms with E-state index in [1.807, 2.05) is 30.5 Å². The van der Waals surface area contributed by atoms with Crippen molar-refractivity contribution in [2.75, 3.05) is 7.11 Å². The molecular weight excluding hydrogens is 468 g/mol. The first kappa shape index (κ1) is 24.0. The molecule has 3 aromatic carbocycles. The number of aromatic nitrogens is 1. The maximum atomic E-state index is 13.1. The fourth-order valence-electron chi connectivity index (χ4n) is 3.67. The average molecular weight is 491 g/mol. The van der Waals surface area contributed by atoms with Gasteiger partial charge in [0.2, 0.25) is 0 Å². The molecule has 0 fully saturated rings. The van der Waals surface area contributed by atoms with Gasteiger partial charge in [0.05, 0.1) is 12.7 Å². The Bertz CT molecular complexity index is 1350. The predicted molar refractivity (Wildman–Crippen MR) is 132 cm³/mol. The molecule has 1 unspecified atom stereocenters. The summed E-state index contributed by atoms with van der Waals surface area (Å²) in [5.41, 5.74) is 3.28. The molecule has 4 rings (SSSR count). The molecular formula is C27H23ClN2O5. The second-order valence-electron chi connectivity index (χ2n) is 7.89. The summed E-state index contributed by atoms with van der Waals surface area (Å²) in [6.07, 6.45) is 2.06. The first-order valence-corrected chi connectivity index (χ1v) is 11.3. The van der Waals surface area contributed by atoms with E-state index in [9.17, 15) is 14.4 Å². The van der Waals surface area contributed by atoms with E-state index in [0.29, 0.717) is 21.7 Å². The highest BCUT2D eigenvalue weighted by Gasteiger charge is 2.25. The molecule has 0 radical (unpaired) electrons. The molecule has 1 heterocycles. The van der Waals surface area contributed by atoms with Gasteiger partial charge in [-0.3, -0.25) is 4.79 Å². The molecule has 1 amide bonds. The molecule has 0 aliphatic rings. The summed E-state index contributed by atoms with van der Waals surface area (Å²) >= 11 is 5.92. The first-order valence-electron chi connectivity index (χ1n) is 10.9.